The molecule has 0 fully saturated rings. The summed E-state index contributed by atoms with van der Waals surface area (Å²) in [6.07, 6.45) is 2.07. The van der Waals surface area contributed by atoms with Gasteiger partial charge in [-0.2, -0.15) is 0 Å². The third-order valence-corrected chi connectivity index (χ3v) is 5.39. The summed E-state index contributed by atoms with van der Waals surface area (Å²) in [4.78, 5) is 1.28. The van der Waals surface area contributed by atoms with Crippen molar-refractivity contribution in [1.29, 1.82) is 0 Å². The number of hydrogen-bond donors (Lipinski definition) is 0. The minimum atomic E-state index is -0.174. The van der Waals surface area contributed by atoms with Crippen molar-refractivity contribution in [2.45, 2.75) is 9.72 Å². The number of rotatable bonds is 3. The van der Waals surface area contributed by atoms with Crippen LogP contribution in [0.15, 0.2) is 65.6 Å². The predicted molar refractivity (Wildman–Crippen MR) is 92.9 cm³/mol. The molecule has 1 unspecified atom stereocenters. The van der Waals surface area contributed by atoms with E-state index in [1.54, 1.807) is 17.8 Å². The molecule has 3 aromatic carbocycles. The lowest BCUT2D eigenvalue weighted by Crippen LogP contribution is -1.97. The van der Waals surface area contributed by atoms with Crippen molar-refractivity contribution in [1.82, 2.24) is 0 Å². The SMILES string of the molecule is CSc1ccccc1C(Br)c1ccc(F)c2ccccc12. The smallest absolute Gasteiger partial charge is 0.131 e. The number of halogens is 2. The second-order valence-electron chi connectivity index (χ2n) is 4.79. The first-order valence-electron chi connectivity index (χ1n) is 6.66. The summed E-state index contributed by atoms with van der Waals surface area (Å²) in [7, 11) is 0. The van der Waals surface area contributed by atoms with E-state index in [9.17, 15) is 4.39 Å². The molecule has 0 radical (unpaired) electrons. The number of fused-ring (bicyclic) bond motifs is 1. The van der Waals surface area contributed by atoms with E-state index >= 15 is 0 Å². The molecule has 0 aliphatic carbocycles. The van der Waals surface area contributed by atoms with Crippen molar-refractivity contribution in [3.63, 3.8) is 0 Å². The van der Waals surface area contributed by atoms with Gasteiger partial charge in [0.15, 0.2) is 0 Å². The highest BCUT2D eigenvalue weighted by Crippen LogP contribution is 2.39. The summed E-state index contributed by atoms with van der Waals surface area (Å²) in [5, 5.41) is 1.62. The Morgan fingerprint density at radius 2 is 1.52 bits per heavy atom. The first-order chi connectivity index (χ1) is 10.2. The summed E-state index contributed by atoms with van der Waals surface area (Å²) >= 11 is 5.52. The van der Waals surface area contributed by atoms with Crippen molar-refractivity contribution >= 4 is 38.5 Å². The van der Waals surface area contributed by atoms with Crippen LogP contribution >= 0.6 is 27.7 Å². The predicted octanol–water partition coefficient (Wildman–Crippen LogP) is 6.19. The molecule has 0 aromatic heterocycles. The fourth-order valence-electron chi connectivity index (χ4n) is 2.55. The van der Waals surface area contributed by atoms with E-state index in [-0.39, 0.29) is 10.6 Å². The fourth-order valence-corrected chi connectivity index (χ4v) is 4.14. The van der Waals surface area contributed by atoms with Gasteiger partial charge in [-0.15, -0.1) is 11.8 Å². The zero-order valence-corrected chi connectivity index (χ0v) is 13.9. The lowest BCUT2D eigenvalue weighted by atomic mass is 9.98. The van der Waals surface area contributed by atoms with Crippen LogP contribution in [0.2, 0.25) is 0 Å². The Bertz CT molecular complexity index is 785. The van der Waals surface area contributed by atoms with Gasteiger partial charge in [0.2, 0.25) is 0 Å². The monoisotopic (exact) mass is 360 g/mol. The summed E-state index contributed by atoms with van der Waals surface area (Å²) in [6.45, 7) is 0. The lowest BCUT2D eigenvalue weighted by Gasteiger charge is -2.16. The van der Waals surface area contributed by atoms with Crippen LogP contribution in [-0.2, 0) is 0 Å². The summed E-state index contributed by atoms with van der Waals surface area (Å²) < 4.78 is 14.0. The zero-order valence-electron chi connectivity index (χ0n) is 11.5. The van der Waals surface area contributed by atoms with Gasteiger partial charge in [0.1, 0.15) is 5.82 Å². The van der Waals surface area contributed by atoms with Gasteiger partial charge in [-0.3, -0.25) is 0 Å². The average molecular weight is 361 g/mol. The molecule has 3 heteroatoms. The molecule has 0 aliphatic heterocycles. The first-order valence-corrected chi connectivity index (χ1v) is 8.80. The lowest BCUT2D eigenvalue weighted by molar-refractivity contribution is 0.639. The number of alkyl halides is 1. The van der Waals surface area contributed by atoms with E-state index in [2.05, 4.69) is 34.3 Å². The molecule has 3 aromatic rings. The van der Waals surface area contributed by atoms with Crippen LogP contribution in [0.3, 0.4) is 0 Å². The second-order valence-corrected chi connectivity index (χ2v) is 6.55. The van der Waals surface area contributed by atoms with Crippen molar-refractivity contribution < 1.29 is 4.39 Å². The van der Waals surface area contributed by atoms with Crippen molar-refractivity contribution in [2.24, 2.45) is 0 Å². The average Bonchev–Trinajstić information content (AvgIpc) is 2.55. The molecule has 0 aliphatic rings. The van der Waals surface area contributed by atoms with Crippen LogP contribution in [-0.4, -0.2) is 6.26 Å². The first kappa shape index (κ1) is 14.6. The molecule has 0 amide bonds. The fraction of sp³-hybridized carbons (Fsp3) is 0.111. The molecule has 21 heavy (non-hydrogen) atoms. The van der Waals surface area contributed by atoms with E-state index in [0.717, 1.165) is 10.9 Å². The molecular formula is C18H14BrFS. The van der Waals surface area contributed by atoms with Gasteiger partial charge >= 0.3 is 0 Å². The van der Waals surface area contributed by atoms with Crippen LogP contribution in [0.4, 0.5) is 4.39 Å². The van der Waals surface area contributed by atoms with Crippen LogP contribution in [0.1, 0.15) is 16.0 Å². The molecular weight excluding hydrogens is 347 g/mol. The molecule has 0 saturated heterocycles. The number of benzene rings is 3. The van der Waals surface area contributed by atoms with Gasteiger partial charge in [-0.25, -0.2) is 4.39 Å². The third-order valence-electron chi connectivity index (χ3n) is 3.59. The van der Waals surface area contributed by atoms with E-state index in [1.165, 1.54) is 10.5 Å². The van der Waals surface area contributed by atoms with Gasteiger partial charge in [0.25, 0.3) is 0 Å². The molecule has 0 spiro atoms. The largest absolute Gasteiger partial charge is 0.206 e. The van der Waals surface area contributed by atoms with Crippen molar-refractivity contribution in [3.8, 4) is 0 Å². The standard InChI is InChI=1S/C18H14BrFS/c1-21-17-9-5-4-8-15(17)18(19)14-10-11-16(20)13-7-3-2-6-12(13)14/h2-11,18H,1H3. The summed E-state index contributed by atoms with van der Waals surface area (Å²) in [5.74, 6) is -0.174. The number of thioether (sulfide) groups is 1. The topological polar surface area (TPSA) is 0 Å². The molecule has 1 atom stereocenters. The van der Waals surface area contributed by atoms with Crippen molar-refractivity contribution in [3.05, 3.63) is 77.6 Å². The summed E-state index contributed by atoms with van der Waals surface area (Å²) in [6, 6.07) is 19.3. The van der Waals surface area contributed by atoms with Gasteiger partial charge in [-0.1, -0.05) is 64.5 Å². The Morgan fingerprint density at radius 3 is 2.29 bits per heavy atom. The molecule has 0 saturated carbocycles. The minimum Gasteiger partial charge on any atom is -0.206 e. The van der Waals surface area contributed by atoms with Gasteiger partial charge in [-0.05, 0) is 34.9 Å². The Labute approximate surface area is 136 Å². The second kappa shape index (κ2) is 6.20. The quantitative estimate of drug-likeness (QED) is 0.396. The zero-order chi connectivity index (χ0) is 14.8. The van der Waals surface area contributed by atoms with E-state index in [1.807, 2.05) is 42.5 Å². The maximum atomic E-state index is 14.0. The van der Waals surface area contributed by atoms with Gasteiger partial charge < -0.3 is 0 Å². The molecule has 0 N–H and O–H groups in total. The van der Waals surface area contributed by atoms with Gasteiger partial charge in [0.05, 0.1) is 4.83 Å². The Hall–Kier alpha value is -1.32. The highest BCUT2D eigenvalue weighted by molar-refractivity contribution is 9.09. The van der Waals surface area contributed by atoms with Crippen LogP contribution in [0.25, 0.3) is 10.8 Å². The normalized spacial score (nSPS) is 12.5. The maximum absolute atomic E-state index is 14.0. The molecule has 0 nitrogen and oxygen atoms in total. The van der Waals surface area contributed by atoms with Crippen LogP contribution in [0.5, 0.6) is 0 Å². The number of hydrogen-bond acceptors (Lipinski definition) is 1. The van der Waals surface area contributed by atoms with Crippen molar-refractivity contribution in [2.75, 3.05) is 6.26 Å². The third kappa shape index (κ3) is 2.72. The molecule has 3 rings (SSSR count). The molecule has 0 heterocycles. The van der Waals surface area contributed by atoms with Crippen LogP contribution in [0, 0.1) is 5.82 Å². The summed E-state index contributed by atoms with van der Waals surface area (Å²) in [5.41, 5.74) is 2.30. The molecule has 106 valence electrons. The van der Waals surface area contributed by atoms with E-state index in [0.29, 0.717) is 5.39 Å². The highest BCUT2D eigenvalue weighted by atomic mass is 79.9. The Morgan fingerprint density at radius 1 is 0.857 bits per heavy atom. The van der Waals surface area contributed by atoms with E-state index in [4.69, 9.17) is 0 Å². The highest BCUT2D eigenvalue weighted by Gasteiger charge is 2.17. The minimum absolute atomic E-state index is 0.0478. The maximum Gasteiger partial charge on any atom is 0.131 e. The van der Waals surface area contributed by atoms with Gasteiger partial charge in [0, 0.05) is 10.3 Å². The van der Waals surface area contributed by atoms with E-state index < -0.39 is 0 Å². The van der Waals surface area contributed by atoms with Crippen LogP contribution < -0.4 is 0 Å². The molecule has 0 bridgehead atoms. The Kier molecular flexibility index (Phi) is 4.32. The Balaban J connectivity index is 2.18.